The molecule has 0 aliphatic carbocycles. The van der Waals surface area contributed by atoms with E-state index in [4.69, 9.17) is 4.74 Å². The van der Waals surface area contributed by atoms with Gasteiger partial charge >= 0.3 is 0 Å². The normalized spacial score (nSPS) is 14.2. The van der Waals surface area contributed by atoms with Crippen molar-refractivity contribution >= 4 is 11.4 Å². The van der Waals surface area contributed by atoms with Crippen LogP contribution in [0.15, 0.2) is 67.3 Å². The zero-order valence-corrected chi connectivity index (χ0v) is 14.6. The Balaban J connectivity index is 1.45. The molecule has 1 aliphatic heterocycles. The molecule has 0 atom stereocenters. The highest BCUT2D eigenvalue weighted by Crippen LogP contribution is 2.25. The summed E-state index contributed by atoms with van der Waals surface area (Å²) >= 11 is 0. The first kappa shape index (κ1) is 16.5. The molecule has 0 radical (unpaired) electrons. The van der Waals surface area contributed by atoms with E-state index in [-0.39, 0.29) is 0 Å². The maximum atomic E-state index is 5.42. The van der Waals surface area contributed by atoms with E-state index in [9.17, 15) is 0 Å². The Kier molecular flexibility index (Phi) is 5.07. The number of morpholine rings is 1. The lowest BCUT2D eigenvalue weighted by molar-refractivity contribution is 0.122. The van der Waals surface area contributed by atoms with Gasteiger partial charge in [-0.15, -0.1) is 0 Å². The summed E-state index contributed by atoms with van der Waals surface area (Å²) in [5, 5.41) is 3.41. The molecule has 4 rings (SSSR count). The molecule has 0 saturated carbocycles. The Labute approximate surface area is 153 Å². The Morgan fingerprint density at radius 2 is 1.77 bits per heavy atom. The van der Waals surface area contributed by atoms with E-state index in [1.807, 2.05) is 24.7 Å². The van der Waals surface area contributed by atoms with Gasteiger partial charge in [-0.25, -0.2) is 0 Å². The second-order valence-corrected chi connectivity index (χ2v) is 6.32. The Morgan fingerprint density at radius 3 is 2.54 bits per heavy atom. The van der Waals surface area contributed by atoms with E-state index in [0.717, 1.165) is 49.7 Å². The largest absolute Gasteiger partial charge is 0.380 e. The lowest BCUT2D eigenvalue weighted by Gasteiger charge is -2.28. The molecule has 0 amide bonds. The standard InChI is InChI=1S/C21H22N4O/c1-2-17(13-22-7-1)14-24-20-12-19(15-23-16-20)18-3-5-21(6-4-18)25-8-10-26-11-9-25/h1-7,12-13,15-16,24H,8-11,14H2. The first-order valence-electron chi connectivity index (χ1n) is 8.89. The van der Waals surface area contributed by atoms with Crippen molar-refractivity contribution in [3.63, 3.8) is 0 Å². The molecule has 132 valence electrons. The van der Waals surface area contributed by atoms with Gasteiger partial charge in [-0.05, 0) is 35.4 Å². The summed E-state index contributed by atoms with van der Waals surface area (Å²) in [6.07, 6.45) is 7.40. The lowest BCUT2D eigenvalue weighted by Crippen LogP contribution is -2.36. The van der Waals surface area contributed by atoms with Gasteiger partial charge in [0.1, 0.15) is 0 Å². The first-order chi connectivity index (χ1) is 12.9. The fourth-order valence-electron chi connectivity index (χ4n) is 3.09. The minimum absolute atomic E-state index is 0.731. The summed E-state index contributed by atoms with van der Waals surface area (Å²) in [4.78, 5) is 10.9. The molecule has 0 unspecified atom stereocenters. The summed E-state index contributed by atoms with van der Waals surface area (Å²) < 4.78 is 5.42. The van der Waals surface area contributed by atoms with Crippen molar-refractivity contribution in [3.8, 4) is 11.1 Å². The summed E-state index contributed by atoms with van der Waals surface area (Å²) in [5.74, 6) is 0. The molecule has 1 saturated heterocycles. The number of hydrogen-bond acceptors (Lipinski definition) is 5. The second-order valence-electron chi connectivity index (χ2n) is 6.32. The van der Waals surface area contributed by atoms with Gasteiger partial charge in [-0.1, -0.05) is 18.2 Å². The van der Waals surface area contributed by atoms with Crippen LogP contribution in [0.3, 0.4) is 0 Å². The number of nitrogens with one attached hydrogen (secondary N) is 1. The highest BCUT2D eigenvalue weighted by molar-refractivity contribution is 5.68. The smallest absolute Gasteiger partial charge is 0.0642 e. The van der Waals surface area contributed by atoms with Crippen LogP contribution in [0, 0.1) is 0 Å². The van der Waals surface area contributed by atoms with Crippen molar-refractivity contribution in [2.24, 2.45) is 0 Å². The summed E-state index contributed by atoms with van der Waals surface area (Å²) in [7, 11) is 0. The molecule has 1 N–H and O–H groups in total. The van der Waals surface area contributed by atoms with Crippen LogP contribution >= 0.6 is 0 Å². The molecule has 3 aromatic rings. The lowest BCUT2D eigenvalue weighted by atomic mass is 10.1. The maximum Gasteiger partial charge on any atom is 0.0642 e. The topological polar surface area (TPSA) is 50.3 Å². The van der Waals surface area contributed by atoms with Crippen molar-refractivity contribution in [1.82, 2.24) is 9.97 Å². The van der Waals surface area contributed by atoms with Crippen molar-refractivity contribution in [3.05, 3.63) is 72.8 Å². The molecule has 1 aliphatic rings. The number of rotatable bonds is 5. The molecule has 3 heterocycles. The highest BCUT2D eigenvalue weighted by Gasteiger charge is 2.11. The number of aromatic nitrogens is 2. The number of pyridine rings is 2. The third-order valence-electron chi connectivity index (χ3n) is 4.53. The first-order valence-corrected chi connectivity index (χ1v) is 8.89. The van der Waals surface area contributed by atoms with Crippen LogP contribution in [0.25, 0.3) is 11.1 Å². The maximum absolute atomic E-state index is 5.42. The average molecular weight is 346 g/mol. The molecule has 0 bridgehead atoms. The van der Waals surface area contributed by atoms with Gasteiger partial charge in [0, 0.05) is 55.7 Å². The third-order valence-corrected chi connectivity index (χ3v) is 4.53. The van der Waals surface area contributed by atoms with Crippen molar-refractivity contribution in [1.29, 1.82) is 0 Å². The number of nitrogens with zero attached hydrogens (tertiary/aromatic N) is 3. The van der Waals surface area contributed by atoms with Gasteiger partial charge in [0.15, 0.2) is 0 Å². The number of hydrogen-bond donors (Lipinski definition) is 1. The van der Waals surface area contributed by atoms with Crippen molar-refractivity contribution < 1.29 is 4.74 Å². The van der Waals surface area contributed by atoms with Crippen LogP contribution in [0.4, 0.5) is 11.4 Å². The van der Waals surface area contributed by atoms with E-state index in [1.165, 1.54) is 11.3 Å². The monoisotopic (exact) mass is 346 g/mol. The van der Waals surface area contributed by atoms with Gasteiger partial charge in [-0.3, -0.25) is 9.97 Å². The van der Waals surface area contributed by atoms with Crippen molar-refractivity contribution in [2.45, 2.75) is 6.54 Å². The molecular weight excluding hydrogens is 324 g/mol. The average Bonchev–Trinajstić information content (AvgIpc) is 2.74. The third kappa shape index (κ3) is 4.00. The minimum Gasteiger partial charge on any atom is -0.380 e. The SMILES string of the molecule is c1cncc(CNc2cncc(-c3ccc(N4CCOCC4)cc3)c2)c1. The van der Waals surface area contributed by atoms with Gasteiger partial charge in [0.2, 0.25) is 0 Å². The summed E-state index contributed by atoms with van der Waals surface area (Å²) in [6, 6.07) is 14.8. The summed E-state index contributed by atoms with van der Waals surface area (Å²) in [5.41, 5.74) is 5.67. The van der Waals surface area contributed by atoms with Crippen LogP contribution in [-0.2, 0) is 11.3 Å². The zero-order chi connectivity index (χ0) is 17.6. The van der Waals surface area contributed by atoms with Gasteiger partial charge in [0.25, 0.3) is 0 Å². The Bertz CT molecular complexity index is 830. The molecule has 2 aromatic heterocycles. The van der Waals surface area contributed by atoms with Crippen LogP contribution in [-0.4, -0.2) is 36.3 Å². The van der Waals surface area contributed by atoms with Gasteiger partial charge in [-0.2, -0.15) is 0 Å². The molecule has 0 spiro atoms. The molecule has 1 aromatic carbocycles. The minimum atomic E-state index is 0.731. The Hall–Kier alpha value is -2.92. The summed E-state index contributed by atoms with van der Waals surface area (Å²) in [6.45, 7) is 4.24. The number of anilines is 2. The quantitative estimate of drug-likeness (QED) is 0.765. The van der Waals surface area contributed by atoms with E-state index in [1.54, 1.807) is 6.20 Å². The second kappa shape index (κ2) is 7.97. The van der Waals surface area contributed by atoms with E-state index >= 15 is 0 Å². The molecule has 5 nitrogen and oxygen atoms in total. The number of ether oxygens (including phenoxy) is 1. The Morgan fingerprint density at radius 1 is 0.923 bits per heavy atom. The van der Waals surface area contributed by atoms with Crippen molar-refractivity contribution in [2.75, 3.05) is 36.5 Å². The zero-order valence-electron chi connectivity index (χ0n) is 14.6. The molecule has 1 fully saturated rings. The molecule has 5 heteroatoms. The highest BCUT2D eigenvalue weighted by atomic mass is 16.5. The predicted molar refractivity (Wildman–Crippen MR) is 104 cm³/mol. The predicted octanol–water partition coefficient (Wildman–Crippen LogP) is 3.59. The van der Waals surface area contributed by atoms with Crippen LogP contribution in [0.1, 0.15) is 5.56 Å². The van der Waals surface area contributed by atoms with Crippen LogP contribution < -0.4 is 10.2 Å². The van der Waals surface area contributed by atoms with E-state index < -0.39 is 0 Å². The van der Waals surface area contributed by atoms with Crippen LogP contribution in [0.2, 0.25) is 0 Å². The van der Waals surface area contributed by atoms with Gasteiger partial charge in [0.05, 0.1) is 18.9 Å². The van der Waals surface area contributed by atoms with Gasteiger partial charge < -0.3 is 15.0 Å². The van der Waals surface area contributed by atoms with Crippen LogP contribution in [0.5, 0.6) is 0 Å². The fourth-order valence-corrected chi connectivity index (χ4v) is 3.09. The molecular formula is C21H22N4O. The van der Waals surface area contributed by atoms with E-state index in [0.29, 0.717) is 0 Å². The fraction of sp³-hybridized carbons (Fsp3) is 0.238. The number of benzene rings is 1. The molecule has 26 heavy (non-hydrogen) atoms. The van der Waals surface area contributed by atoms with E-state index in [2.05, 4.69) is 56.6 Å².